The summed E-state index contributed by atoms with van der Waals surface area (Å²) >= 11 is 0. The number of carbonyl (C=O) groups excluding carboxylic acids is 1. The van der Waals surface area contributed by atoms with Gasteiger partial charge in [-0.3, -0.25) is 9.69 Å². The van der Waals surface area contributed by atoms with Crippen molar-refractivity contribution in [1.82, 2.24) is 10.2 Å². The fraction of sp³-hybridized carbons (Fsp3) is 0.917. The number of rotatable bonds is 3. The molecule has 0 bridgehead atoms. The summed E-state index contributed by atoms with van der Waals surface area (Å²) < 4.78 is 36.4. The van der Waals surface area contributed by atoms with Gasteiger partial charge in [0.2, 0.25) is 5.91 Å². The average molecular weight is 280 g/mol. The summed E-state index contributed by atoms with van der Waals surface area (Å²) in [5.74, 6) is -0.954. The molecule has 2 rings (SSSR count). The average Bonchev–Trinajstić information content (AvgIpc) is 2.83. The summed E-state index contributed by atoms with van der Waals surface area (Å²) in [6, 6.07) is -0.158. The Labute approximate surface area is 110 Å². The predicted molar refractivity (Wildman–Crippen MR) is 62.4 cm³/mol. The Morgan fingerprint density at radius 2 is 2.05 bits per heavy atom. The molecule has 1 aliphatic carbocycles. The van der Waals surface area contributed by atoms with Crippen molar-refractivity contribution in [2.24, 2.45) is 0 Å². The molecule has 2 aliphatic rings. The highest BCUT2D eigenvalue weighted by molar-refractivity contribution is 5.77. The van der Waals surface area contributed by atoms with Crippen LogP contribution in [0.3, 0.4) is 0 Å². The van der Waals surface area contributed by atoms with E-state index in [-0.39, 0.29) is 18.2 Å². The van der Waals surface area contributed by atoms with Gasteiger partial charge in [0.25, 0.3) is 0 Å². The van der Waals surface area contributed by atoms with Gasteiger partial charge in [0.05, 0.1) is 6.10 Å². The van der Waals surface area contributed by atoms with Crippen LogP contribution < -0.4 is 5.32 Å². The molecule has 1 saturated heterocycles. The highest BCUT2D eigenvalue weighted by Crippen LogP contribution is 2.28. The lowest BCUT2D eigenvalue weighted by Crippen LogP contribution is -2.48. The molecule has 1 saturated carbocycles. The Hall–Kier alpha value is -0.820. The summed E-state index contributed by atoms with van der Waals surface area (Å²) in [5.41, 5.74) is 0. The second kappa shape index (κ2) is 5.66. The van der Waals surface area contributed by atoms with Gasteiger partial charge in [-0.15, -0.1) is 0 Å². The zero-order valence-electron chi connectivity index (χ0n) is 10.6. The fourth-order valence-corrected chi connectivity index (χ4v) is 3.06. The molecule has 1 aliphatic heterocycles. The molecular formula is C12H19F3N2O2. The van der Waals surface area contributed by atoms with Gasteiger partial charge in [0.1, 0.15) is 6.42 Å². The first-order valence-corrected chi connectivity index (χ1v) is 6.63. The number of aliphatic hydroxyl groups is 1. The van der Waals surface area contributed by atoms with Crippen molar-refractivity contribution < 1.29 is 23.1 Å². The summed E-state index contributed by atoms with van der Waals surface area (Å²) in [7, 11) is 0. The second-order valence-corrected chi connectivity index (χ2v) is 5.40. The smallest absolute Gasteiger partial charge is 0.392 e. The van der Waals surface area contributed by atoms with E-state index in [4.69, 9.17) is 0 Å². The molecule has 3 atom stereocenters. The van der Waals surface area contributed by atoms with Gasteiger partial charge >= 0.3 is 6.18 Å². The number of likely N-dealkylation sites (tertiary alicyclic amines) is 1. The number of alkyl halides is 3. The third-order valence-electron chi connectivity index (χ3n) is 3.85. The van der Waals surface area contributed by atoms with Crippen molar-refractivity contribution in [2.75, 3.05) is 13.1 Å². The van der Waals surface area contributed by atoms with Crippen LogP contribution >= 0.6 is 0 Å². The van der Waals surface area contributed by atoms with Crippen molar-refractivity contribution in [1.29, 1.82) is 0 Å². The van der Waals surface area contributed by atoms with Crippen LogP contribution in [-0.2, 0) is 4.79 Å². The molecule has 1 unspecified atom stereocenters. The van der Waals surface area contributed by atoms with E-state index in [0.29, 0.717) is 19.4 Å². The molecule has 19 heavy (non-hydrogen) atoms. The summed E-state index contributed by atoms with van der Waals surface area (Å²) in [5, 5.41) is 12.0. The zero-order valence-corrected chi connectivity index (χ0v) is 10.6. The molecule has 2 N–H and O–H groups in total. The number of halogens is 3. The van der Waals surface area contributed by atoms with E-state index in [1.165, 1.54) is 0 Å². The fourth-order valence-electron chi connectivity index (χ4n) is 3.06. The first-order chi connectivity index (χ1) is 8.85. The first-order valence-electron chi connectivity index (χ1n) is 6.63. The lowest BCUT2D eigenvalue weighted by atomic mass is 10.1. The number of carbonyl (C=O) groups is 1. The van der Waals surface area contributed by atoms with Crippen molar-refractivity contribution >= 4 is 5.91 Å². The number of amides is 1. The van der Waals surface area contributed by atoms with Crippen LogP contribution in [-0.4, -0.2) is 53.4 Å². The predicted octanol–water partition coefficient (Wildman–Crippen LogP) is 1.04. The zero-order chi connectivity index (χ0) is 14.0. The van der Waals surface area contributed by atoms with E-state index >= 15 is 0 Å². The van der Waals surface area contributed by atoms with Gasteiger partial charge in [-0.1, -0.05) is 0 Å². The van der Waals surface area contributed by atoms with Crippen LogP contribution in [0.5, 0.6) is 0 Å². The van der Waals surface area contributed by atoms with Crippen LogP contribution in [0.25, 0.3) is 0 Å². The lowest BCUT2D eigenvalue weighted by Gasteiger charge is -2.29. The Kier molecular flexibility index (Phi) is 4.35. The molecule has 4 nitrogen and oxygen atoms in total. The molecule has 0 aromatic rings. The monoisotopic (exact) mass is 280 g/mol. The number of hydrogen-bond acceptors (Lipinski definition) is 3. The van der Waals surface area contributed by atoms with E-state index in [0.717, 1.165) is 19.4 Å². The van der Waals surface area contributed by atoms with Gasteiger partial charge in [-0.25, -0.2) is 0 Å². The summed E-state index contributed by atoms with van der Waals surface area (Å²) in [6.07, 6.45) is -3.06. The van der Waals surface area contributed by atoms with Crippen molar-refractivity contribution in [3.8, 4) is 0 Å². The molecular weight excluding hydrogens is 261 g/mol. The molecule has 0 aromatic carbocycles. The molecule has 2 fully saturated rings. The number of hydrogen-bond donors (Lipinski definition) is 2. The SMILES string of the molecule is O=C(CC(F)(F)F)N[C@@H]1CCC[C@@H]1N1CCC(O)C1. The van der Waals surface area contributed by atoms with Crippen LogP contribution in [0.4, 0.5) is 13.2 Å². The molecule has 7 heteroatoms. The van der Waals surface area contributed by atoms with Gasteiger partial charge in [-0.05, 0) is 25.7 Å². The molecule has 110 valence electrons. The minimum Gasteiger partial charge on any atom is -0.392 e. The third-order valence-corrected chi connectivity index (χ3v) is 3.85. The highest BCUT2D eigenvalue weighted by atomic mass is 19.4. The Balaban J connectivity index is 1.87. The van der Waals surface area contributed by atoms with Gasteiger partial charge in [0.15, 0.2) is 0 Å². The summed E-state index contributed by atoms with van der Waals surface area (Å²) in [4.78, 5) is 13.4. The van der Waals surface area contributed by atoms with Crippen LogP contribution in [0.1, 0.15) is 32.1 Å². The lowest BCUT2D eigenvalue weighted by molar-refractivity contribution is -0.154. The highest BCUT2D eigenvalue weighted by Gasteiger charge is 2.38. The molecule has 0 aromatic heterocycles. The normalized spacial score (nSPS) is 32.7. The maximum absolute atomic E-state index is 12.1. The van der Waals surface area contributed by atoms with E-state index in [9.17, 15) is 23.1 Å². The minimum atomic E-state index is -4.46. The summed E-state index contributed by atoms with van der Waals surface area (Å²) in [6.45, 7) is 1.30. The van der Waals surface area contributed by atoms with Crippen LogP contribution in [0.2, 0.25) is 0 Å². The number of aliphatic hydroxyl groups excluding tert-OH is 1. The van der Waals surface area contributed by atoms with Crippen molar-refractivity contribution in [3.63, 3.8) is 0 Å². The van der Waals surface area contributed by atoms with E-state index in [1.54, 1.807) is 0 Å². The molecule has 1 amide bonds. The largest absolute Gasteiger partial charge is 0.397 e. The quantitative estimate of drug-likeness (QED) is 0.812. The van der Waals surface area contributed by atoms with Crippen molar-refractivity contribution in [3.05, 3.63) is 0 Å². The molecule has 0 spiro atoms. The van der Waals surface area contributed by atoms with E-state index in [1.807, 2.05) is 0 Å². The topological polar surface area (TPSA) is 52.6 Å². The van der Waals surface area contributed by atoms with Gasteiger partial charge in [0, 0.05) is 25.2 Å². The standard InChI is InChI=1S/C12H19F3N2O2/c13-12(14,15)6-11(19)16-9-2-1-3-10(9)17-5-4-8(18)7-17/h8-10,18H,1-7H2,(H,16,19)/t8?,9-,10+/m1/s1. The molecule has 0 radical (unpaired) electrons. The van der Waals surface area contributed by atoms with Crippen molar-refractivity contribution in [2.45, 2.75) is 56.5 Å². The van der Waals surface area contributed by atoms with E-state index < -0.39 is 18.5 Å². The number of nitrogens with one attached hydrogen (secondary N) is 1. The number of nitrogens with zero attached hydrogens (tertiary/aromatic N) is 1. The van der Waals surface area contributed by atoms with E-state index in [2.05, 4.69) is 10.2 Å². The van der Waals surface area contributed by atoms with Gasteiger partial charge in [-0.2, -0.15) is 13.2 Å². The second-order valence-electron chi connectivity index (χ2n) is 5.40. The maximum atomic E-state index is 12.1. The van der Waals surface area contributed by atoms with Crippen LogP contribution in [0.15, 0.2) is 0 Å². The minimum absolute atomic E-state index is 0.0642. The van der Waals surface area contributed by atoms with Gasteiger partial charge < -0.3 is 10.4 Å². The Morgan fingerprint density at radius 3 is 2.63 bits per heavy atom. The first kappa shape index (κ1) is 14.6. The number of β-amino-alcohol motifs (C(OH)–C–C–N with tert-alkyl or cyclic N) is 1. The maximum Gasteiger partial charge on any atom is 0.397 e. The Morgan fingerprint density at radius 1 is 1.32 bits per heavy atom. The third kappa shape index (κ3) is 4.07. The van der Waals surface area contributed by atoms with Crippen LogP contribution in [0, 0.1) is 0 Å². The molecule has 1 heterocycles. The Bertz CT molecular complexity index is 335.